The van der Waals surface area contributed by atoms with Crippen LogP contribution in [0, 0.1) is 11.8 Å². The quantitative estimate of drug-likeness (QED) is 0.736. The lowest BCUT2D eigenvalue weighted by atomic mass is 10.00. The molecule has 1 aliphatic heterocycles. The van der Waals surface area contributed by atoms with Gasteiger partial charge in [-0.15, -0.1) is 0 Å². The second-order valence-corrected chi connectivity index (χ2v) is 5.73. The zero-order chi connectivity index (χ0) is 12.1. The van der Waals surface area contributed by atoms with Crippen LogP contribution in [0.2, 0.25) is 0 Å². The van der Waals surface area contributed by atoms with E-state index < -0.39 is 0 Å². The summed E-state index contributed by atoms with van der Waals surface area (Å²) in [4.78, 5) is 14.2. The summed E-state index contributed by atoms with van der Waals surface area (Å²) < 4.78 is 5.48. The molecule has 3 heteroatoms. The first kappa shape index (κ1) is 13.0. The molecule has 0 aromatic rings. The summed E-state index contributed by atoms with van der Waals surface area (Å²) in [6.45, 7) is 3.45. The first-order valence-electron chi connectivity index (χ1n) is 7.04. The van der Waals surface area contributed by atoms with E-state index in [0.29, 0.717) is 24.2 Å². The van der Waals surface area contributed by atoms with Crippen molar-refractivity contribution < 1.29 is 9.53 Å². The van der Waals surface area contributed by atoms with Gasteiger partial charge < -0.3 is 4.74 Å². The van der Waals surface area contributed by atoms with Crippen molar-refractivity contribution >= 4 is 5.78 Å². The SMILES string of the molecule is CN(CC(=O)C1CCCC1)CC1CCCOC1. The van der Waals surface area contributed by atoms with Gasteiger partial charge in [-0.05, 0) is 38.6 Å². The summed E-state index contributed by atoms with van der Waals surface area (Å²) in [5.41, 5.74) is 0. The molecule has 3 nitrogen and oxygen atoms in total. The first-order chi connectivity index (χ1) is 8.25. The maximum Gasteiger partial charge on any atom is 0.149 e. The van der Waals surface area contributed by atoms with Gasteiger partial charge in [0, 0.05) is 19.1 Å². The van der Waals surface area contributed by atoms with E-state index in [1.165, 1.54) is 25.7 Å². The Morgan fingerprint density at radius 2 is 2.00 bits per heavy atom. The molecule has 0 N–H and O–H groups in total. The molecule has 0 aromatic heterocycles. The van der Waals surface area contributed by atoms with Crippen LogP contribution < -0.4 is 0 Å². The number of hydrogen-bond acceptors (Lipinski definition) is 3. The Hall–Kier alpha value is -0.410. The van der Waals surface area contributed by atoms with Gasteiger partial charge in [-0.2, -0.15) is 0 Å². The molecule has 1 saturated carbocycles. The van der Waals surface area contributed by atoms with Crippen molar-refractivity contribution in [1.29, 1.82) is 0 Å². The van der Waals surface area contributed by atoms with E-state index in [1.54, 1.807) is 0 Å². The van der Waals surface area contributed by atoms with Crippen LogP contribution in [0.4, 0.5) is 0 Å². The summed E-state index contributed by atoms with van der Waals surface area (Å²) in [5.74, 6) is 1.45. The molecule has 1 aliphatic carbocycles. The minimum absolute atomic E-state index is 0.361. The number of rotatable bonds is 5. The maximum atomic E-state index is 12.0. The van der Waals surface area contributed by atoms with Gasteiger partial charge in [-0.3, -0.25) is 9.69 Å². The molecular formula is C14H25NO2. The van der Waals surface area contributed by atoms with Crippen LogP contribution in [0.25, 0.3) is 0 Å². The highest BCUT2D eigenvalue weighted by molar-refractivity contribution is 5.83. The summed E-state index contributed by atoms with van der Waals surface area (Å²) in [6.07, 6.45) is 7.17. The predicted octanol–water partition coefficient (Wildman–Crippen LogP) is 2.10. The van der Waals surface area contributed by atoms with Crippen molar-refractivity contribution in [2.45, 2.75) is 38.5 Å². The third kappa shape index (κ3) is 4.07. The monoisotopic (exact) mass is 239 g/mol. The van der Waals surface area contributed by atoms with Crippen LogP contribution >= 0.6 is 0 Å². The Bertz CT molecular complexity index is 243. The fourth-order valence-corrected chi connectivity index (χ4v) is 3.10. The minimum Gasteiger partial charge on any atom is -0.381 e. The maximum absolute atomic E-state index is 12.0. The average Bonchev–Trinajstić information content (AvgIpc) is 2.83. The largest absolute Gasteiger partial charge is 0.381 e. The zero-order valence-electron chi connectivity index (χ0n) is 11.0. The fraction of sp³-hybridized carbons (Fsp3) is 0.929. The van der Waals surface area contributed by atoms with Crippen LogP contribution in [0.15, 0.2) is 0 Å². The number of ether oxygens (including phenoxy) is 1. The Balaban J connectivity index is 1.68. The molecule has 17 heavy (non-hydrogen) atoms. The van der Waals surface area contributed by atoms with Crippen molar-refractivity contribution in [2.75, 3.05) is 33.4 Å². The molecule has 1 saturated heterocycles. The molecule has 2 rings (SSSR count). The molecule has 1 unspecified atom stereocenters. The van der Waals surface area contributed by atoms with E-state index in [4.69, 9.17) is 4.74 Å². The van der Waals surface area contributed by atoms with Crippen LogP contribution in [0.5, 0.6) is 0 Å². The van der Waals surface area contributed by atoms with Gasteiger partial charge in [0.05, 0.1) is 13.2 Å². The van der Waals surface area contributed by atoms with Gasteiger partial charge in [-0.25, -0.2) is 0 Å². The van der Waals surface area contributed by atoms with Crippen molar-refractivity contribution in [3.05, 3.63) is 0 Å². The van der Waals surface area contributed by atoms with Crippen molar-refractivity contribution in [3.63, 3.8) is 0 Å². The number of ketones is 1. The molecule has 0 spiro atoms. The Morgan fingerprint density at radius 3 is 2.65 bits per heavy atom. The molecule has 98 valence electrons. The summed E-state index contributed by atoms with van der Waals surface area (Å²) in [6, 6.07) is 0. The number of nitrogens with zero attached hydrogens (tertiary/aromatic N) is 1. The molecule has 2 fully saturated rings. The van der Waals surface area contributed by atoms with Gasteiger partial charge in [0.1, 0.15) is 5.78 Å². The van der Waals surface area contributed by atoms with Gasteiger partial charge in [-0.1, -0.05) is 12.8 Å². The minimum atomic E-state index is 0.361. The third-order valence-corrected chi connectivity index (χ3v) is 4.06. The number of hydrogen-bond donors (Lipinski definition) is 0. The molecular weight excluding hydrogens is 214 g/mol. The topological polar surface area (TPSA) is 29.5 Å². The molecule has 1 atom stereocenters. The molecule has 2 aliphatic rings. The lowest BCUT2D eigenvalue weighted by Crippen LogP contribution is -2.35. The Labute approximate surface area is 105 Å². The third-order valence-electron chi connectivity index (χ3n) is 4.06. The standard InChI is InChI=1S/C14H25NO2/c1-15(9-12-5-4-8-17-11-12)10-14(16)13-6-2-3-7-13/h12-13H,2-11H2,1H3. The zero-order valence-corrected chi connectivity index (χ0v) is 11.0. The van der Waals surface area contributed by atoms with Gasteiger partial charge in [0.25, 0.3) is 0 Å². The normalized spacial score (nSPS) is 26.6. The summed E-state index contributed by atoms with van der Waals surface area (Å²) in [7, 11) is 2.07. The lowest BCUT2D eigenvalue weighted by Gasteiger charge is -2.27. The van der Waals surface area contributed by atoms with E-state index in [1.807, 2.05) is 0 Å². The molecule has 0 bridgehead atoms. The Kier molecular flexibility index (Phi) is 4.99. The van der Waals surface area contributed by atoms with Crippen molar-refractivity contribution in [2.24, 2.45) is 11.8 Å². The van der Waals surface area contributed by atoms with Crippen molar-refractivity contribution in [3.8, 4) is 0 Å². The van der Waals surface area contributed by atoms with Crippen LogP contribution in [0.3, 0.4) is 0 Å². The van der Waals surface area contributed by atoms with E-state index in [-0.39, 0.29) is 0 Å². The highest BCUT2D eigenvalue weighted by Gasteiger charge is 2.24. The van der Waals surface area contributed by atoms with Gasteiger partial charge in [0.15, 0.2) is 0 Å². The number of Topliss-reactive ketones (excluding diaryl/α,β-unsaturated/α-hetero) is 1. The van der Waals surface area contributed by atoms with Gasteiger partial charge in [0.2, 0.25) is 0 Å². The van der Waals surface area contributed by atoms with E-state index in [0.717, 1.165) is 32.6 Å². The molecule has 0 radical (unpaired) electrons. The number of carbonyl (C=O) groups is 1. The first-order valence-corrected chi connectivity index (χ1v) is 7.04. The highest BCUT2D eigenvalue weighted by Crippen LogP contribution is 2.25. The second kappa shape index (κ2) is 6.50. The number of likely N-dealkylation sites (N-methyl/N-ethyl adjacent to an activating group) is 1. The van der Waals surface area contributed by atoms with Crippen LogP contribution in [-0.2, 0) is 9.53 Å². The molecule has 0 amide bonds. The average molecular weight is 239 g/mol. The van der Waals surface area contributed by atoms with Crippen molar-refractivity contribution in [1.82, 2.24) is 4.90 Å². The fourth-order valence-electron chi connectivity index (χ4n) is 3.10. The smallest absolute Gasteiger partial charge is 0.149 e. The van der Waals surface area contributed by atoms with Crippen LogP contribution in [-0.4, -0.2) is 44.0 Å². The highest BCUT2D eigenvalue weighted by atomic mass is 16.5. The Morgan fingerprint density at radius 1 is 1.24 bits per heavy atom. The molecule has 0 aromatic carbocycles. The predicted molar refractivity (Wildman–Crippen MR) is 68.0 cm³/mol. The van der Waals surface area contributed by atoms with E-state index in [9.17, 15) is 4.79 Å². The lowest BCUT2D eigenvalue weighted by molar-refractivity contribution is -0.123. The van der Waals surface area contributed by atoms with Crippen LogP contribution in [0.1, 0.15) is 38.5 Å². The van der Waals surface area contributed by atoms with E-state index >= 15 is 0 Å². The molecule has 1 heterocycles. The second-order valence-electron chi connectivity index (χ2n) is 5.73. The number of carbonyl (C=O) groups excluding carboxylic acids is 1. The van der Waals surface area contributed by atoms with Gasteiger partial charge >= 0.3 is 0 Å². The summed E-state index contributed by atoms with van der Waals surface area (Å²) >= 11 is 0. The summed E-state index contributed by atoms with van der Waals surface area (Å²) in [5, 5.41) is 0. The van der Waals surface area contributed by atoms with E-state index in [2.05, 4.69) is 11.9 Å².